The molecule has 0 saturated carbocycles. The molecular formula is C25H25F3N4O. The van der Waals surface area contributed by atoms with Gasteiger partial charge in [0.05, 0.1) is 5.56 Å². The zero-order valence-corrected chi connectivity index (χ0v) is 18.4. The van der Waals surface area contributed by atoms with E-state index in [0.29, 0.717) is 5.56 Å². The molecule has 2 aromatic heterocycles. The van der Waals surface area contributed by atoms with Crippen LogP contribution in [0.25, 0.3) is 11.3 Å². The minimum atomic E-state index is -0.952. The second-order valence-electron chi connectivity index (χ2n) is 8.66. The number of anilines is 1. The minimum absolute atomic E-state index is 0.0354. The molecule has 0 aliphatic carbocycles. The maximum absolute atomic E-state index is 14.4. The summed E-state index contributed by atoms with van der Waals surface area (Å²) in [5, 5.41) is 0. The fourth-order valence-electron chi connectivity index (χ4n) is 4.40. The number of hydrogen-bond donors (Lipinski definition) is 1. The summed E-state index contributed by atoms with van der Waals surface area (Å²) in [5.74, 6) is -2.66. The lowest BCUT2D eigenvalue weighted by atomic mass is 9.86. The number of aromatic nitrogens is 2. The van der Waals surface area contributed by atoms with E-state index < -0.39 is 34.5 Å². The van der Waals surface area contributed by atoms with Crippen LogP contribution in [0.5, 0.6) is 0 Å². The number of piperidine rings is 1. The lowest BCUT2D eigenvalue weighted by Gasteiger charge is -2.41. The van der Waals surface area contributed by atoms with Crippen LogP contribution in [0.4, 0.5) is 18.9 Å². The van der Waals surface area contributed by atoms with Crippen LogP contribution in [-0.2, 0) is 6.42 Å². The zero-order chi connectivity index (χ0) is 23.7. The van der Waals surface area contributed by atoms with E-state index in [1.807, 2.05) is 6.07 Å². The van der Waals surface area contributed by atoms with Crippen molar-refractivity contribution in [3.63, 3.8) is 0 Å². The number of benzene rings is 1. The minimum Gasteiger partial charge on any atom is -0.371 e. The van der Waals surface area contributed by atoms with E-state index >= 15 is 0 Å². The molecular weight excluding hydrogens is 429 g/mol. The highest BCUT2D eigenvalue weighted by atomic mass is 19.1. The van der Waals surface area contributed by atoms with Crippen LogP contribution in [0.2, 0.25) is 0 Å². The molecule has 0 radical (unpaired) electrons. The fraction of sp³-hybridized carbons (Fsp3) is 0.320. The molecule has 8 heteroatoms. The molecule has 1 aliphatic rings. The number of pyridine rings is 2. The summed E-state index contributed by atoms with van der Waals surface area (Å²) in [6.45, 7) is 5.71. The van der Waals surface area contributed by atoms with Crippen molar-refractivity contribution in [3.8, 4) is 11.3 Å². The first-order valence-corrected chi connectivity index (χ1v) is 10.8. The monoisotopic (exact) mass is 454 g/mol. The number of ketones is 1. The number of Topliss-reactive ketones (excluding diaryl/α,β-unsaturated/α-hetero) is 1. The molecule has 0 spiro atoms. The summed E-state index contributed by atoms with van der Waals surface area (Å²) in [5.41, 5.74) is 6.64. The van der Waals surface area contributed by atoms with Crippen molar-refractivity contribution in [2.75, 3.05) is 18.0 Å². The highest BCUT2D eigenvalue weighted by Crippen LogP contribution is 2.30. The summed E-state index contributed by atoms with van der Waals surface area (Å²) in [6, 6.07) is 7.40. The van der Waals surface area contributed by atoms with Crippen LogP contribution >= 0.6 is 0 Å². The summed E-state index contributed by atoms with van der Waals surface area (Å²) < 4.78 is 42.8. The van der Waals surface area contributed by atoms with Crippen LogP contribution in [-0.4, -0.2) is 34.9 Å². The van der Waals surface area contributed by atoms with Gasteiger partial charge in [-0.2, -0.15) is 0 Å². The van der Waals surface area contributed by atoms with E-state index in [1.165, 1.54) is 12.1 Å². The van der Waals surface area contributed by atoms with Gasteiger partial charge in [0, 0.05) is 49.2 Å². The molecule has 3 aromatic rings. The summed E-state index contributed by atoms with van der Waals surface area (Å²) >= 11 is 0. The largest absolute Gasteiger partial charge is 0.371 e. The molecule has 1 unspecified atom stereocenters. The van der Waals surface area contributed by atoms with Crippen molar-refractivity contribution >= 4 is 11.5 Å². The van der Waals surface area contributed by atoms with Gasteiger partial charge >= 0.3 is 0 Å². The molecule has 3 atom stereocenters. The van der Waals surface area contributed by atoms with Gasteiger partial charge in [-0.1, -0.05) is 19.9 Å². The van der Waals surface area contributed by atoms with E-state index in [2.05, 4.69) is 28.7 Å². The smallest absolute Gasteiger partial charge is 0.185 e. The Morgan fingerprint density at radius 1 is 1.03 bits per heavy atom. The highest BCUT2D eigenvalue weighted by Gasteiger charge is 2.30. The zero-order valence-electron chi connectivity index (χ0n) is 18.4. The van der Waals surface area contributed by atoms with Crippen molar-refractivity contribution in [1.82, 2.24) is 9.97 Å². The van der Waals surface area contributed by atoms with Crippen LogP contribution in [0.3, 0.4) is 0 Å². The van der Waals surface area contributed by atoms with Gasteiger partial charge in [0.2, 0.25) is 0 Å². The lowest BCUT2D eigenvalue weighted by molar-refractivity contribution is 0.0988. The quantitative estimate of drug-likeness (QED) is 0.579. The number of nitrogens with two attached hydrogens (primary N) is 1. The first kappa shape index (κ1) is 22.9. The fourth-order valence-corrected chi connectivity index (χ4v) is 4.40. The molecule has 0 amide bonds. The Kier molecular flexibility index (Phi) is 6.47. The summed E-state index contributed by atoms with van der Waals surface area (Å²) in [7, 11) is 0. The Balaban J connectivity index is 1.63. The summed E-state index contributed by atoms with van der Waals surface area (Å²) in [6.07, 6.45) is 3.26. The maximum atomic E-state index is 14.4. The predicted molar refractivity (Wildman–Crippen MR) is 120 cm³/mol. The number of nitrogens with zero attached hydrogens (tertiary/aromatic N) is 3. The van der Waals surface area contributed by atoms with Gasteiger partial charge in [-0.25, -0.2) is 18.2 Å². The normalized spacial score (nSPS) is 20.7. The third-order valence-electron chi connectivity index (χ3n) is 6.23. The average molecular weight is 454 g/mol. The first-order valence-electron chi connectivity index (χ1n) is 10.8. The Bertz CT molecular complexity index is 1150. The lowest BCUT2D eigenvalue weighted by Crippen LogP contribution is -2.51. The molecule has 4 rings (SSSR count). The maximum Gasteiger partial charge on any atom is 0.185 e. The third kappa shape index (κ3) is 4.61. The van der Waals surface area contributed by atoms with Crippen LogP contribution in [0.15, 0.2) is 48.8 Å². The number of hydrogen-bond acceptors (Lipinski definition) is 5. The Morgan fingerprint density at radius 3 is 2.36 bits per heavy atom. The van der Waals surface area contributed by atoms with Gasteiger partial charge in [-0.3, -0.25) is 9.78 Å². The average Bonchev–Trinajstić information content (AvgIpc) is 2.78. The highest BCUT2D eigenvalue weighted by molar-refractivity contribution is 5.97. The topological polar surface area (TPSA) is 72.1 Å². The van der Waals surface area contributed by atoms with Crippen molar-refractivity contribution < 1.29 is 18.0 Å². The van der Waals surface area contributed by atoms with Gasteiger partial charge in [0.25, 0.3) is 0 Å². The van der Waals surface area contributed by atoms with E-state index in [-0.39, 0.29) is 30.0 Å². The van der Waals surface area contributed by atoms with E-state index in [1.54, 1.807) is 12.4 Å². The van der Waals surface area contributed by atoms with E-state index in [4.69, 9.17) is 5.73 Å². The van der Waals surface area contributed by atoms with Crippen molar-refractivity contribution in [3.05, 3.63) is 77.5 Å². The third-order valence-corrected chi connectivity index (χ3v) is 6.23. The van der Waals surface area contributed by atoms with Crippen LogP contribution < -0.4 is 10.6 Å². The first-order chi connectivity index (χ1) is 15.8. The van der Waals surface area contributed by atoms with Crippen molar-refractivity contribution in [2.24, 2.45) is 17.6 Å². The Morgan fingerprint density at radius 2 is 1.70 bits per heavy atom. The number of rotatable bonds is 5. The molecule has 33 heavy (non-hydrogen) atoms. The molecule has 3 heterocycles. The SMILES string of the molecule is C[C@@H]1CN(c2ccncc2CC(=O)c2ccc(F)c(-c3c(F)cccc3F)n2)C[C@H](C)C1N. The van der Waals surface area contributed by atoms with Gasteiger partial charge in [-0.15, -0.1) is 0 Å². The van der Waals surface area contributed by atoms with Gasteiger partial charge in [-0.05, 0) is 42.2 Å². The van der Waals surface area contributed by atoms with Gasteiger partial charge < -0.3 is 10.6 Å². The van der Waals surface area contributed by atoms with E-state index in [9.17, 15) is 18.0 Å². The molecule has 2 N–H and O–H groups in total. The predicted octanol–water partition coefficient (Wildman–Crippen LogP) is 4.41. The van der Waals surface area contributed by atoms with Crippen molar-refractivity contribution in [1.29, 1.82) is 0 Å². The number of carbonyl (C=O) groups excluding carboxylic acids is 1. The molecule has 0 bridgehead atoms. The second-order valence-corrected chi connectivity index (χ2v) is 8.66. The molecule has 1 saturated heterocycles. The van der Waals surface area contributed by atoms with Crippen molar-refractivity contribution in [2.45, 2.75) is 26.3 Å². The molecule has 172 valence electrons. The molecule has 1 aromatic carbocycles. The van der Waals surface area contributed by atoms with Gasteiger partial charge in [0.1, 0.15) is 28.8 Å². The second kappa shape index (κ2) is 9.31. The van der Waals surface area contributed by atoms with E-state index in [0.717, 1.165) is 37.0 Å². The summed E-state index contributed by atoms with van der Waals surface area (Å²) in [4.78, 5) is 23.4. The number of halogens is 3. The molecule has 1 fully saturated rings. The van der Waals surface area contributed by atoms with Crippen LogP contribution in [0, 0.1) is 29.3 Å². The van der Waals surface area contributed by atoms with Crippen LogP contribution in [0.1, 0.15) is 29.9 Å². The molecule has 5 nitrogen and oxygen atoms in total. The standard InChI is InChI=1S/C25H25F3N4O/c1-14-12-32(13-15(2)24(14)29)21-8-9-30-11-16(21)10-22(33)20-7-6-19(28)25(31-20)23-17(26)4-3-5-18(23)27/h3-9,11,14-15,24H,10,12-13,29H2,1-2H3/t14-,15+,24?. The molecule has 1 aliphatic heterocycles. The Labute approximate surface area is 190 Å². The van der Waals surface area contributed by atoms with Gasteiger partial charge in [0.15, 0.2) is 5.78 Å². The number of carbonyl (C=O) groups is 1. The Hall–Kier alpha value is -3.26.